The van der Waals surface area contributed by atoms with Crippen LogP contribution in [0.25, 0.3) is 0 Å². The number of phosphoric acid groups is 1. The fraction of sp³-hybridized carbons (Fsp3) is 1.00. The van der Waals surface area contributed by atoms with Crippen LogP contribution in [-0.2, 0) is 23.2 Å². The first-order valence-electron chi connectivity index (χ1n) is 3.97. The molecule has 12 heavy (non-hydrogen) atoms. The molecule has 1 saturated heterocycles. The van der Waals surface area contributed by atoms with Gasteiger partial charge in [0.2, 0.25) is 0 Å². The molecule has 0 unspecified atom stereocenters. The van der Waals surface area contributed by atoms with Crippen molar-refractivity contribution in [2.24, 2.45) is 0 Å². The Balaban J connectivity index is 1.80. The van der Waals surface area contributed by atoms with E-state index in [0.29, 0.717) is 19.6 Å². The molecule has 72 valence electrons. The van der Waals surface area contributed by atoms with Crippen LogP contribution in [0.3, 0.4) is 0 Å². The highest BCUT2D eigenvalue weighted by Gasteiger charge is 2.45. The van der Waals surface area contributed by atoms with Gasteiger partial charge in [-0.25, -0.2) is 4.57 Å². The van der Waals surface area contributed by atoms with E-state index in [2.05, 4.69) is 9.35 Å². The van der Waals surface area contributed by atoms with Gasteiger partial charge in [0, 0.05) is 13.2 Å². The first-order chi connectivity index (χ1) is 5.77. The SMILES string of the molecule is CCCOCCCOP1(=O)OO1. The van der Waals surface area contributed by atoms with Crippen LogP contribution >= 0.6 is 7.82 Å². The van der Waals surface area contributed by atoms with Crippen molar-refractivity contribution in [3.8, 4) is 0 Å². The Bertz CT molecular complexity index is 163. The average molecular weight is 196 g/mol. The molecule has 0 atom stereocenters. The van der Waals surface area contributed by atoms with Gasteiger partial charge < -0.3 is 4.74 Å². The molecule has 1 aliphatic rings. The first kappa shape index (κ1) is 10.2. The fourth-order valence-corrected chi connectivity index (χ4v) is 1.31. The Labute approximate surface area is 71.5 Å². The zero-order valence-electron chi connectivity index (χ0n) is 7.02. The predicted molar refractivity (Wildman–Crippen MR) is 41.5 cm³/mol. The molecule has 0 bridgehead atoms. The summed E-state index contributed by atoms with van der Waals surface area (Å²) >= 11 is 0. The lowest BCUT2D eigenvalue weighted by Gasteiger charge is -2.00. The van der Waals surface area contributed by atoms with Gasteiger partial charge in [0.25, 0.3) is 0 Å². The standard InChI is InChI=1S/C6H13O5P/c1-2-4-8-5-3-6-9-12(7)10-11-12/h2-6H2,1H3. The molecule has 1 aliphatic heterocycles. The Kier molecular flexibility index (Phi) is 4.18. The summed E-state index contributed by atoms with van der Waals surface area (Å²) in [7, 11) is -3.03. The summed E-state index contributed by atoms with van der Waals surface area (Å²) in [5.41, 5.74) is 0. The maximum atomic E-state index is 10.7. The van der Waals surface area contributed by atoms with E-state index in [1.54, 1.807) is 0 Å². The molecule has 1 heterocycles. The molecule has 0 aromatic heterocycles. The minimum absolute atomic E-state index is 0.348. The second-order valence-electron chi connectivity index (χ2n) is 2.40. The normalized spacial score (nSPS) is 19.4. The van der Waals surface area contributed by atoms with E-state index in [1.807, 2.05) is 6.92 Å². The van der Waals surface area contributed by atoms with Gasteiger partial charge >= 0.3 is 7.82 Å². The van der Waals surface area contributed by atoms with Crippen molar-refractivity contribution in [1.82, 2.24) is 0 Å². The molecule has 0 aromatic rings. The third kappa shape index (κ3) is 4.18. The minimum Gasteiger partial charge on any atom is -0.381 e. The van der Waals surface area contributed by atoms with Crippen LogP contribution in [0.2, 0.25) is 0 Å². The van der Waals surface area contributed by atoms with Crippen LogP contribution in [0.1, 0.15) is 19.8 Å². The zero-order valence-corrected chi connectivity index (χ0v) is 7.92. The maximum absolute atomic E-state index is 10.7. The molecule has 0 aliphatic carbocycles. The van der Waals surface area contributed by atoms with E-state index in [9.17, 15) is 4.57 Å². The Morgan fingerprint density at radius 2 is 2.00 bits per heavy atom. The topological polar surface area (TPSA) is 60.6 Å². The molecular weight excluding hydrogens is 183 g/mol. The van der Waals surface area contributed by atoms with Crippen molar-refractivity contribution in [1.29, 1.82) is 0 Å². The minimum atomic E-state index is -3.03. The summed E-state index contributed by atoms with van der Waals surface area (Å²) in [6, 6.07) is 0. The first-order valence-corrected chi connectivity index (χ1v) is 5.43. The smallest absolute Gasteiger partial charge is 0.381 e. The van der Waals surface area contributed by atoms with Gasteiger partial charge in [0.05, 0.1) is 6.61 Å². The monoisotopic (exact) mass is 196 g/mol. The largest absolute Gasteiger partial charge is 0.530 e. The van der Waals surface area contributed by atoms with Gasteiger partial charge in [-0.15, -0.1) is 9.35 Å². The molecule has 6 heteroatoms. The third-order valence-electron chi connectivity index (χ3n) is 1.23. The lowest BCUT2D eigenvalue weighted by atomic mass is 10.5. The highest BCUT2D eigenvalue weighted by atomic mass is 31.2. The van der Waals surface area contributed by atoms with Gasteiger partial charge in [-0.05, 0) is 12.8 Å². The molecule has 0 radical (unpaired) electrons. The van der Waals surface area contributed by atoms with Crippen LogP contribution in [-0.4, -0.2) is 19.8 Å². The lowest BCUT2D eigenvalue weighted by molar-refractivity contribution is 0.0850. The zero-order chi connectivity index (χ0) is 8.86. The molecule has 0 N–H and O–H groups in total. The second kappa shape index (κ2) is 4.94. The van der Waals surface area contributed by atoms with E-state index < -0.39 is 7.82 Å². The predicted octanol–water partition coefficient (Wildman–Crippen LogP) is 1.89. The number of ether oxygens (including phenoxy) is 1. The summed E-state index contributed by atoms with van der Waals surface area (Å²) in [6.45, 7) is 3.76. The van der Waals surface area contributed by atoms with E-state index in [-0.39, 0.29) is 0 Å². The lowest BCUT2D eigenvalue weighted by Crippen LogP contribution is -1.98. The molecule has 5 nitrogen and oxygen atoms in total. The second-order valence-corrected chi connectivity index (χ2v) is 3.85. The van der Waals surface area contributed by atoms with Gasteiger partial charge in [-0.1, -0.05) is 6.92 Å². The van der Waals surface area contributed by atoms with Crippen molar-refractivity contribution in [2.45, 2.75) is 19.8 Å². The highest BCUT2D eigenvalue weighted by molar-refractivity contribution is 7.52. The molecule has 1 fully saturated rings. The van der Waals surface area contributed by atoms with Crippen molar-refractivity contribution in [3.63, 3.8) is 0 Å². The molecule has 0 aromatic carbocycles. The maximum Gasteiger partial charge on any atom is 0.530 e. The van der Waals surface area contributed by atoms with Crippen LogP contribution in [0.5, 0.6) is 0 Å². The van der Waals surface area contributed by atoms with Crippen LogP contribution in [0.4, 0.5) is 0 Å². The van der Waals surface area contributed by atoms with Gasteiger partial charge in [-0.2, -0.15) is 0 Å². The third-order valence-corrected chi connectivity index (χ3v) is 2.12. The van der Waals surface area contributed by atoms with Crippen LogP contribution in [0, 0.1) is 0 Å². The highest BCUT2D eigenvalue weighted by Crippen LogP contribution is 2.65. The van der Waals surface area contributed by atoms with Crippen LogP contribution in [0.15, 0.2) is 0 Å². The van der Waals surface area contributed by atoms with E-state index in [0.717, 1.165) is 13.0 Å². The number of rotatable bonds is 7. The van der Waals surface area contributed by atoms with Gasteiger partial charge in [0.1, 0.15) is 0 Å². The van der Waals surface area contributed by atoms with Crippen molar-refractivity contribution >= 4 is 7.82 Å². The molecule has 0 saturated carbocycles. The van der Waals surface area contributed by atoms with E-state index in [4.69, 9.17) is 9.26 Å². The van der Waals surface area contributed by atoms with Crippen molar-refractivity contribution in [2.75, 3.05) is 19.8 Å². The summed E-state index contributed by atoms with van der Waals surface area (Å²) < 4.78 is 28.9. The quantitative estimate of drug-likeness (QED) is 0.269. The Morgan fingerprint density at radius 3 is 2.58 bits per heavy atom. The van der Waals surface area contributed by atoms with Crippen LogP contribution < -0.4 is 0 Å². The molecular formula is C6H13O5P. The van der Waals surface area contributed by atoms with Crippen molar-refractivity contribution in [3.05, 3.63) is 0 Å². The van der Waals surface area contributed by atoms with Crippen molar-refractivity contribution < 1.29 is 23.2 Å². The summed E-state index contributed by atoms with van der Waals surface area (Å²) in [6.07, 6.45) is 1.71. The van der Waals surface area contributed by atoms with E-state index in [1.165, 1.54) is 0 Å². The summed E-state index contributed by atoms with van der Waals surface area (Å²) in [5.74, 6) is 0. The Hall–Kier alpha value is 0.0700. The molecule has 1 rings (SSSR count). The number of hydrogen-bond donors (Lipinski definition) is 0. The summed E-state index contributed by atoms with van der Waals surface area (Å²) in [5, 5.41) is 0. The van der Waals surface area contributed by atoms with Gasteiger partial charge in [-0.3, -0.25) is 4.52 Å². The Morgan fingerprint density at radius 1 is 1.25 bits per heavy atom. The van der Waals surface area contributed by atoms with Gasteiger partial charge in [0.15, 0.2) is 0 Å². The average Bonchev–Trinajstić information content (AvgIpc) is 2.77. The van der Waals surface area contributed by atoms with E-state index >= 15 is 0 Å². The fourth-order valence-electron chi connectivity index (χ4n) is 0.654. The number of hydrogen-bond acceptors (Lipinski definition) is 5. The molecule has 0 amide bonds. The summed E-state index contributed by atoms with van der Waals surface area (Å²) in [4.78, 5) is 0. The molecule has 0 spiro atoms.